The van der Waals surface area contributed by atoms with E-state index in [-0.39, 0.29) is 17.2 Å². The van der Waals surface area contributed by atoms with E-state index in [1.165, 1.54) is 18.5 Å². The number of phenolic OH excluding ortho intramolecular Hbond substituents is 1. The van der Waals surface area contributed by atoms with E-state index in [1.54, 1.807) is 6.07 Å². The van der Waals surface area contributed by atoms with Crippen LogP contribution in [0.5, 0.6) is 5.75 Å². The van der Waals surface area contributed by atoms with Crippen LogP contribution in [-0.4, -0.2) is 45.1 Å². The molecule has 4 heterocycles. The quantitative estimate of drug-likeness (QED) is 0.707. The van der Waals surface area contributed by atoms with Crippen molar-refractivity contribution in [2.24, 2.45) is 5.92 Å². The van der Waals surface area contributed by atoms with Gasteiger partial charge in [-0.3, -0.25) is 4.79 Å². The zero-order valence-electron chi connectivity index (χ0n) is 17.7. The molecule has 1 spiro atoms. The number of hydrogen-bond acceptors (Lipinski definition) is 4. The highest BCUT2D eigenvalue weighted by atomic mass is 16.3. The van der Waals surface area contributed by atoms with Gasteiger partial charge in [-0.25, -0.2) is 4.98 Å². The van der Waals surface area contributed by atoms with Crippen molar-refractivity contribution in [2.75, 3.05) is 24.5 Å². The number of amides is 1. The van der Waals surface area contributed by atoms with Crippen LogP contribution >= 0.6 is 0 Å². The lowest BCUT2D eigenvalue weighted by molar-refractivity contribution is 0.0781. The van der Waals surface area contributed by atoms with Crippen LogP contribution in [0.25, 0.3) is 5.82 Å². The highest BCUT2D eigenvalue weighted by Gasteiger charge is 2.51. The molecule has 0 radical (unpaired) electrons. The van der Waals surface area contributed by atoms with Gasteiger partial charge in [-0.1, -0.05) is 6.07 Å². The maximum absolute atomic E-state index is 13.4. The molecule has 1 aliphatic carbocycles. The molecule has 1 atom stereocenters. The Hall–Kier alpha value is -3.28. The number of phenols is 1. The third kappa shape index (κ3) is 2.77. The van der Waals surface area contributed by atoms with Crippen molar-refractivity contribution in [3.05, 3.63) is 71.7 Å². The summed E-state index contributed by atoms with van der Waals surface area (Å²) in [4.78, 5) is 22.5. The fourth-order valence-electron chi connectivity index (χ4n) is 5.25. The monoisotopic (exact) mass is 414 g/mol. The molecule has 6 heteroatoms. The highest BCUT2D eigenvalue weighted by Crippen LogP contribution is 2.49. The van der Waals surface area contributed by atoms with E-state index in [1.807, 2.05) is 36.2 Å². The van der Waals surface area contributed by atoms with E-state index in [0.717, 1.165) is 30.0 Å². The zero-order chi connectivity index (χ0) is 21.2. The van der Waals surface area contributed by atoms with Gasteiger partial charge in [0.1, 0.15) is 11.3 Å². The number of aromatic nitrogens is 2. The van der Waals surface area contributed by atoms with Gasteiger partial charge in [0.15, 0.2) is 5.82 Å². The van der Waals surface area contributed by atoms with Gasteiger partial charge in [-0.2, -0.15) is 0 Å². The van der Waals surface area contributed by atoms with Gasteiger partial charge in [0.05, 0.1) is 11.4 Å². The van der Waals surface area contributed by atoms with Crippen LogP contribution < -0.4 is 4.90 Å². The summed E-state index contributed by atoms with van der Waals surface area (Å²) in [7, 11) is 0. The second kappa shape index (κ2) is 6.61. The SMILES string of the molecule is Cc1ccc(C(=O)N2CC[C@@]3(C2)c2cccn2-c2ncccc2N3CC2CC2)cc1O. The lowest BCUT2D eigenvalue weighted by Gasteiger charge is -2.47. The van der Waals surface area contributed by atoms with Crippen LogP contribution in [0.4, 0.5) is 5.69 Å². The van der Waals surface area contributed by atoms with Crippen LogP contribution in [-0.2, 0) is 5.54 Å². The van der Waals surface area contributed by atoms with Crippen molar-refractivity contribution >= 4 is 11.6 Å². The van der Waals surface area contributed by atoms with Gasteiger partial charge in [0.2, 0.25) is 0 Å². The highest BCUT2D eigenvalue weighted by molar-refractivity contribution is 5.95. The molecule has 1 saturated heterocycles. The summed E-state index contributed by atoms with van der Waals surface area (Å²) in [5.41, 5.74) is 3.42. The Morgan fingerprint density at radius 1 is 1.23 bits per heavy atom. The molecule has 1 amide bonds. The summed E-state index contributed by atoms with van der Waals surface area (Å²) in [5, 5.41) is 10.1. The minimum Gasteiger partial charge on any atom is -0.508 e. The van der Waals surface area contributed by atoms with Crippen LogP contribution in [0.1, 0.15) is 40.9 Å². The average Bonchev–Trinajstić information content (AvgIpc) is 3.28. The molecule has 0 unspecified atom stereocenters. The van der Waals surface area contributed by atoms with E-state index < -0.39 is 0 Å². The maximum atomic E-state index is 13.4. The standard InChI is InChI=1S/C25H26N4O2/c1-17-6-9-19(14-21(17)30)24(31)27-13-10-25(16-27)22-5-3-12-28(22)23-20(4-2-11-26-23)29(25)15-18-7-8-18/h2-6,9,11-12,14,18,30H,7-8,10,13,15-16H2,1H3/t25-/m1/s1. The van der Waals surface area contributed by atoms with Gasteiger partial charge in [0.25, 0.3) is 5.91 Å². The van der Waals surface area contributed by atoms with Crippen molar-refractivity contribution in [3.63, 3.8) is 0 Å². The van der Waals surface area contributed by atoms with Crippen LogP contribution in [0, 0.1) is 12.8 Å². The Kier molecular flexibility index (Phi) is 3.94. The van der Waals surface area contributed by atoms with E-state index >= 15 is 0 Å². The van der Waals surface area contributed by atoms with Gasteiger partial charge >= 0.3 is 0 Å². The number of likely N-dealkylation sites (tertiary alicyclic amines) is 1. The number of rotatable bonds is 3. The summed E-state index contributed by atoms with van der Waals surface area (Å²) in [6.07, 6.45) is 7.36. The predicted molar refractivity (Wildman–Crippen MR) is 119 cm³/mol. The number of hydrogen-bond donors (Lipinski definition) is 1. The third-order valence-corrected chi connectivity index (χ3v) is 7.16. The van der Waals surface area contributed by atoms with Gasteiger partial charge in [0, 0.05) is 37.6 Å². The maximum Gasteiger partial charge on any atom is 0.254 e. The Bertz CT molecular complexity index is 1180. The van der Waals surface area contributed by atoms with Crippen molar-refractivity contribution < 1.29 is 9.90 Å². The lowest BCUT2D eigenvalue weighted by Crippen LogP contribution is -2.53. The van der Waals surface area contributed by atoms with Crippen molar-refractivity contribution in [1.82, 2.24) is 14.5 Å². The average molecular weight is 415 g/mol. The molecule has 6 rings (SSSR count). The minimum absolute atomic E-state index is 0.0198. The smallest absolute Gasteiger partial charge is 0.254 e. The van der Waals surface area contributed by atoms with Crippen LogP contribution in [0.3, 0.4) is 0 Å². The molecule has 6 nitrogen and oxygen atoms in total. The number of anilines is 1. The molecule has 31 heavy (non-hydrogen) atoms. The Morgan fingerprint density at radius 3 is 2.90 bits per heavy atom. The van der Waals surface area contributed by atoms with E-state index in [4.69, 9.17) is 4.98 Å². The molecule has 2 aromatic heterocycles. The minimum atomic E-state index is -0.259. The number of fused-ring (bicyclic) bond motifs is 4. The number of carbonyl (C=O) groups is 1. The topological polar surface area (TPSA) is 61.6 Å². The zero-order valence-corrected chi connectivity index (χ0v) is 17.7. The number of aromatic hydroxyl groups is 1. The molecule has 1 aromatic carbocycles. The summed E-state index contributed by atoms with van der Waals surface area (Å²) in [6, 6.07) is 13.6. The normalized spacial score (nSPS) is 22.0. The summed E-state index contributed by atoms with van der Waals surface area (Å²) < 4.78 is 2.20. The third-order valence-electron chi connectivity index (χ3n) is 7.16. The number of pyridine rings is 1. The van der Waals surface area contributed by atoms with E-state index in [9.17, 15) is 9.90 Å². The Morgan fingerprint density at radius 2 is 2.10 bits per heavy atom. The van der Waals surface area contributed by atoms with Crippen molar-refractivity contribution in [1.29, 1.82) is 0 Å². The van der Waals surface area contributed by atoms with Gasteiger partial charge < -0.3 is 19.5 Å². The molecular weight excluding hydrogens is 388 g/mol. The first-order valence-corrected chi connectivity index (χ1v) is 11.1. The molecule has 1 saturated carbocycles. The van der Waals surface area contributed by atoms with E-state index in [0.29, 0.717) is 24.6 Å². The van der Waals surface area contributed by atoms with Gasteiger partial charge in [-0.15, -0.1) is 0 Å². The van der Waals surface area contributed by atoms with Crippen molar-refractivity contribution in [3.8, 4) is 11.6 Å². The van der Waals surface area contributed by atoms with Crippen LogP contribution in [0.15, 0.2) is 54.9 Å². The molecule has 0 bridgehead atoms. The molecule has 158 valence electrons. The predicted octanol–water partition coefficient (Wildman–Crippen LogP) is 3.86. The Balaban J connectivity index is 1.41. The Labute approximate surface area is 181 Å². The number of aryl methyl sites for hydroxylation is 1. The first kappa shape index (κ1) is 18.5. The molecule has 1 N–H and O–H groups in total. The summed E-state index contributed by atoms with van der Waals surface area (Å²) >= 11 is 0. The second-order valence-corrected chi connectivity index (χ2v) is 9.17. The number of carbonyl (C=O) groups excluding carboxylic acids is 1. The number of nitrogens with zero attached hydrogens (tertiary/aromatic N) is 4. The molecular formula is C25H26N4O2. The molecule has 3 aromatic rings. The fourth-order valence-corrected chi connectivity index (χ4v) is 5.25. The molecule has 2 fully saturated rings. The first-order chi connectivity index (χ1) is 15.1. The number of benzene rings is 1. The fraction of sp³-hybridized carbons (Fsp3) is 0.360. The van der Waals surface area contributed by atoms with Crippen molar-refractivity contribution in [2.45, 2.75) is 31.7 Å². The summed E-state index contributed by atoms with van der Waals surface area (Å²) in [6.45, 7) is 4.16. The second-order valence-electron chi connectivity index (χ2n) is 9.17. The van der Waals surface area contributed by atoms with E-state index in [2.05, 4.69) is 33.9 Å². The first-order valence-electron chi connectivity index (χ1n) is 11.1. The van der Waals surface area contributed by atoms with Crippen LogP contribution in [0.2, 0.25) is 0 Å². The molecule has 3 aliphatic rings. The lowest BCUT2D eigenvalue weighted by atomic mass is 9.88. The summed E-state index contributed by atoms with van der Waals surface area (Å²) in [5.74, 6) is 1.84. The molecule has 2 aliphatic heterocycles. The van der Waals surface area contributed by atoms with Gasteiger partial charge in [-0.05, 0) is 74.1 Å². The largest absolute Gasteiger partial charge is 0.508 e.